The number of likely N-dealkylation sites (tertiary alicyclic amines) is 1. The Kier molecular flexibility index (Phi) is 4.39. The van der Waals surface area contributed by atoms with Crippen LogP contribution in [-0.2, 0) is 0 Å². The molecule has 0 aromatic carbocycles. The van der Waals surface area contributed by atoms with Crippen LogP contribution in [0.15, 0.2) is 22.8 Å². The zero-order chi connectivity index (χ0) is 20.4. The molecule has 2 aromatic heterocycles. The third-order valence-electron chi connectivity index (χ3n) is 7.85. The molecule has 158 valence electrons. The molecule has 3 fully saturated rings. The molecule has 2 bridgehead atoms. The van der Waals surface area contributed by atoms with E-state index in [2.05, 4.69) is 25.8 Å². The molecule has 4 aliphatic rings. The molecule has 1 amide bonds. The van der Waals surface area contributed by atoms with Gasteiger partial charge >= 0.3 is 0 Å². The second-order valence-electron chi connectivity index (χ2n) is 9.47. The first-order chi connectivity index (χ1) is 14.6. The quantitative estimate of drug-likeness (QED) is 0.713. The molecule has 1 N–H and O–H groups in total. The number of carbonyl (C=O) groups excluding carboxylic acids is 1. The monoisotopic (exact) mass is 424 g/mol. The van der Waals surface area contributed by atoms with Crippen molar-refractivity contribution in [1.82, 2.24) is 19.8 Å². The van der Waals surface area contributed by atoms with Crippen molar-refractivity contribution >= 4 is 27.5 Å². The summed E-state index contributed by atoms with van der Waals surface area (Å²) in [5, 5.41) is 0.566. The summed E-state index contributed by atoms with van der Waals surface area (Å²) < 4.78 is 0. The number of hydrogen-bond acceptors (Lipinski definition) is 5. The molecule has 0 radical (unpaired) electrons. The first-order valence-corrected chi connectivity index (χ1v) is 12.2. The Bertz CT molecular complexity index is 1100. The van der Waals surface area contributed by atoms with E-state index in [1.165, 1.54) is 55.5 Å². The number of hydrogen-bond donors (Lipinski definition) is 1. The molecule has 3 saturated heterocycles. The molecule has 2 unspecified atom stereocenters. The average Bonchev–Trinajstić information content (AvgIpc) is 3.10. The van der Waals surface area contributed by atoms with E-state index < -0.39 is 0 Å². The number of H-pyrrole nitrogens is 1. The van der Waals surface area contributed by atoms with E-state index in [1.807, 2.05) is 6.92 Å². The maximum Gasteiger partial charge on any atom is 0.264 e. The molecule has 4 atom stereocenters. The van der Waals surface area contributed by atoms with Crippen molar-refractivity contribution in [2.24, 2.45) is 11.8 Å². The van der Waals surface area contributed by atoms with Crippen LogP contribution in [0, 0.1) is 18.8 Å². The van der Waals surface area contributed by atoms with Gasteiger partial charge in [0.1, 0.15) is 4.83 Å². The molecule has 1 aliphatic carbocycles. The number of nitrogens with zero attached hydrogens (tertiary/aromatic N) is 3. The van der Waals surface area contributed by atoms with Gasteiger partial charge in [-0.3, -0.25) is 14.5 Å². The average molecular weight is 425 g/mol. The molecule has 6 rings (SSSR count). The Labute approximate surface area is 180 Å². The Morgan fingerprint density at radius 3 is 3.03 bits per heavy atom. The lowest BCUT2D eigenvalue weighted by Gasteiger charge is -2.54. The standard InChI is InChI=1S/C23H28N4O2S/c1-13-18-21(28)24-12-25-22(18)30-20(13)23(29)27-8-4-5-14-9-15-10-16(19(14)27)11-26-7-3-2-6-17(15)26/h9,12,15-17,19H,2-8,10-11H2,1H3,(H,24,25,28)/t15?,16?,17-,19-/m1/s1. The van der Waals surface area contributed by atoms with Gasteiger partial charge < -0.3 is 9.88 Å². The van der Waals surface area contributed by atoms with Crippen molar-refractivity contribution in [3.8, 4) is 0 Å². The normalized spacial score (nSPS) is 31.2. The van der Waals surface area contributed by atoms with E-state index in [0.717, 1.165) is 37.5 Å². The van der Waals surface area contributed by atoms with Crippen LogP contribution in [0.4, 0.5) is 0 Å². The van der Waals surface area contributed by atoms with E-state index in [1.54, 1.807) is 0 Å². The van der Waals surface area contributed by atoms with Crippen molar-refractivity contribution in [3.05, 3.63) is 38.8 Å². The Hall–Kier alpha value is -1.99. The van der Waals surface area contributed by atoms with Gasteiger partial charge in [0.2, 0.25) is 0 Å². The summed E-state index contributed by atoms with van der Waals surface area (Å²) in [7, 11) is 0. The van der Waals surface area contributed by atoms with E-state index in [4.69, 9.17) is 0 Å². The largest absolute Gasteiger partial charge is 0.331 e. The van der Waals surface area contributed by atoms with Crippen molar-refractivity contribution in [2.75, 3.05) is 19.6 Å². The number of piperidine rings is 3. The summed E-state index contributed by atoms with van der Waals surface area (Å²) in [4.78, 5) is 39.2. The van der Waals surface area contributed by atoms with Gasteiger partial charge in [-0.1, -0.05) is 18.1 Å². The minimum atomic E-state index is -0.157. The molecule has 7 heteroatoms. The van der Waals surface area contributed by atoms with Crippen LogP contribution in [0.25, 0.3) is 10.2 Å². The lowest BCUT2D eigenvalue weighted by Crippen LogP contribution is -2.60. The highest BCUT2D eigenvalue weighted by atomic mass is 32.1. The highest BCUT2D eigenvalue weighted by molar-refractivity contribution is 7.20. The van der Waals surface area contributed by atoms with Gasteiger partial charge in [0.05, 0.1) is 22.6 Å². The van der Waals surface area contributed by atoms with E-state index in [-0.39, 0.29) is 17.5 Å². The lowest BCUT2D eigenvalue weighted by molar-refractivity contribution is 0.00160. The number of aromatic nitrogens is 2. The number of aromatic amines is 1. The van der Waals surface area contributed by atoms with Gasteiger partial charge in [0, 0.05) is 19.1 Å². The molecular weight excluding hydrogens is 396 g/mol. The first-order valence-electron chi connectivity index (χ1n) is 11.3. The van der Waals surface area contributed by atoms with E-state index in [9.17, 15) is 9.59 Å². The predicted molar refractivity (Wildman–Crippen MR) is 118 cm³/mol. The third kappa shape index (κ3) is 2.74. The number of carbonyl (C=O) groups is 1. The van der Waals surface area contributed by atoms with Crippen molar-refractivity contribution in [3.63, 3.8) is 0 Å². The highest BCUT2D eigenvalue weighted by Crippen LogP contribution is 2.45. The fourth-order valence-electron chi connectivity index (χ4n) is 6.61. The van der Waals surface area contributed by atoms with Gasteiger partial charge in [0.15, 0.2) is 0 Å². The van der Waals surface area contributed by atoms with Gasteiger partial charge in [0.25, 0.3) is 11.5 Å². The zero-order valence-electron chi connectivity index (χ0n) is 17.4. The van der Waals surface area contributed by atoms with Crippen LogP contribution in [0.3, 0.4) is 0 Å². The highest BCUT2D eigenvalue weighted by Gasteiger charge is 2.47. The first kappa shape index (κ1) is 18.8. The molecule has 0 saturated carbocycles. The van der Waals surface area contributed by atoms with Crippen LogP contribution in [0.1, 0.15) is 53.8 Å². The maximum absolute atomic E-state index is 13.8. The molecule has 3 aliphatic heterocycles. The summed E-state index contributed by atoms with van der Waals surface area (Å²) in [6.45, 7) is 5.04. The number of amides is 1. The Morgan fingerprint density at radius 2 is 2.17 bits per heavy atom. The minimum absolute atomic E-state index is 0.0877. The lowest BCUT2D eigenvalue weighted by atomic mass is 9.68. The van der Waals surface area contributed by atoms with Gasteiger partial charge in [-0.2, -0.15) is 0 Å². The smallest absolute Gasteiger partial charge is 0.264 e. The molecule has 5 heterocycles. The number of aryl methyl sites for hydroxylation is 1. The van der Waals surface area contributed by atoms with Crippen molar-refractivity contribution < 1.29 is 4.79 Å². The molecule has 2 aromatic rings. The summed E-state index contributed by atoms with van der Waals surface area (Å²) in [6, 6.07) is 0.943. The molecule has 30 heavy (non-hydrogen) atoms. The van der Waals surface area contributed by atoms with Crippen molar-refractivity contribution in [1.29, 1.82) is 0 Å². The summed E-state index contributed by atoms with van der Waals surface area (Å²) >= 11 is 1.37. The van der Waals surface area contributed by atoms with E-state index >= 15 is 0 Å². The number of rotatable bonds is 1. The fourth-order valence-corrected chi connectivity index (χ4v) is 7.72. The second kappa shape index (κ2) is 7.02. The number of fused-ring (bicyclic) bond motifs is 7. The number of thiophene rings is 1. The topological polar surface area (TPSA) is 69.3 Å². The van der Waals surface area contributed by atoms with Gasteiger partial charge in [-0.05, 0) is 63.0 Å². The van der Waals surface area contributed by atoms with Crippen LogP contribution >= 0.6 is 11.3 Å². The van der Waals surface area contributed by atoms with Crippen LogP contribution in [-0.4, -0.2) is 57.4 Å². The second-order valence-corrected chi connectivity index (χ2v) is 10.5. The minimum Gasteiger partial charge on any atom is -0.331 e. The maximum atomic E-state index is 13.8. The predicted octanol–water partition coefficient (Wildman–Crippen LogP) is 3.33. The molecular formula is C23H28N4O2S. The van der Waals surface area contributed by atoms with Crippen molar-refractivity contribution in [2.45, 2.75) is 57.5 Å². The third-order valence-corrected chi connectivity index (χ3v) is 9.03. The van der Waals surface area contributed by atoms with Crippen LogP contribution in [0.2, 0.25) is 0 Å². The van der Waals surface area contributed by atoms with Crippen LogP contribution in [0.5, 0.6) is 0 Å². The summed E-state index contributed by atoms with van der Waals surface area (Å²) in [5.41, 5.74) is 2.12. The zero-order valence-corrected chi connectivity index (χ0v) is 18.2. The van der Waals surface area contributed by atoms with Gasteiger partial charge in [-0.15, -0.1) is 11.3 Å². The Morgan fingerprint density at radius 1 is 1.27 bits per heavy atom. The summed E-state index contributed by atoms with van der Waals surface area (Å²) in [6.07, 6.45) is 11.3. The number of nitrogens with one attached hydrogen (secondary N) is 1. The van der Waals surface area contributed by atoms with Crippen LogP contribution < -0.4 is 5.56 Å². The summed E-state index contributed by atoms with van der Waals surface area (Å²) in [5.74, 6) is 1.29. The Balaban J connectivity index is 1.37. The fraction of sp³-hybridized carbons (Fsp3) is 0.609. The SMILES string of the molecule is Cc1c(C(=O)N2CCCC3=CC4CC(CN5CCCC[C@H]45)[C@@H]32)sc2nc[nH]c(=O)c12. The molecule has 0 spiro atoms. The van der Waals surface area contributed by atoms with E-state index in [0.29, 0.717) is 26.9 Å². The van der Waals surface area contributed by atoms with Gasteiger partial charge in [-0.25, -0.2) is 4.98 Å². The molecule has 6 nitrogen and oxygen atoms in total.